The number of carboxylic acid groups (broad SMARTS) is 1. The van der Waals surface area contributed by atoms with Crippen molar-refractivity contribution in [2.75, 3.05) is 31.9 Å². The number of hydrogen-bond donors (Lipinski definition) is 21. The van der Waals surface area contributed by atoms with E-state index in [0.717, 1.165) is 10.9 Å². The molecule has 1 aromatic heterocycles. The molecular weight excluding hydrogens is 1190 g/mol. The molecule has 494 valence electrons. The standard InChI is InChI=1S/C58H89N19O12S/c1-31(78)44(52(86)71-39(21-13-25-67-57(63)64)48(82)76-45(54(88)89)58(3,4)5)75-50(84)42(30-90)74-51(85)43-22-14-26-77(43)53(87)41(28-34-29-68-36-18-10-9-17-35(34)36)73-49(83)40(27-33-15-7-6-8-16-33)72-47(81)38(20-12-24-66-56(61)62)70-46(80)37(69-32(2)79)19-11-23-65-55(59)60/h6-10,15-18,29,31,37-45,68,78,90H,11-14,19-28,30H2,1-5H3,(H,69,79)(H,70,80)(H,71,86)(H,72,81)(H,73,83)(H,74,85)(H,75,84)(H,76,82)(H,88,89)(H4,59,60,65)(H4,61,62,66)(H4,63,64,67)/t31-,37+,38+,39+,40+,41+,42+,43-,44+,45-/m1/s1. The molecule has 32 heteroatoms. The molecule has 10 atom stereocenters. The lowest BCUT2D eigenvalue weighted by atomic mass is 9.86. The van der Waals surface area contributed by atoms with E-state index >= 15 is 4.79 Å². The van der Waals surface area contributed by atoms with Gasteiger partial charge in [0.05, 0.1) is 6.10 Å². The Bertz CT molecular complexity index is 3010. The van der Waals surface area contributed by atoms with Crippen LogP contribution >= 0.6 is 12.6 Å². The summed E-state index contributed by atoms with van der Waals surface area (Å²) >= 11 is 4.31. The average molecular weight is 1280 g/mol. The summed E-state index contributed by atoms with van der Waals surface area (Å²) in [5.74, 6) is -9.99. The van der Waals surface area contributed by atoms with Gasteiger partial charge in [0.25, 0.3) is 0 Å². The van der Waals surface area contributed by atoms with Crippen LogP contribution in [0.15, 0.2) is 60.8 Å². The minimum absolute atomic E-state index is 0.0263. The second-order valence-electron chi connectivity index (χ2n) is 23.0. The minimum atomic E-state index is -1.74. The number of H-pyrrole nitrogens is 1. The number of hydrogen-bond acceptors (Lipinski definition) is 15. The summed E-state index contributed by atoms with van der Waals surface area (Å²) in [6.45, 7) is 7.63. The van der Waals surface area contributed by atoms with Gasteiger partial charge in [-0.05, 0) is 80.9 Å². The van der Waals surface area contributed by atoms with E-state index < -0.39 is 125 Å². The molecular formula is C58H89N19O12S. The zero-order valence-electron chi connectivity index (χ0n) is 51.3. The van der Waals surface area contributed by atoms with Crippen molar-refractivity contribution in [2.24, 2.45) is 22.6 Å². The maximum atomic E-state index is 15.2. The van der Waals surface area contributed by atoms with Gasteiger partial charge in [0, 0.05) is 68.8 Å². The van der Waals surface area contributed by atoms with Gasteiger partial charge < -0.3 is 95.8 Å². The number of rotatable bonds is 35. The smallest absolute Gasteiger partial charge is 0.326 e. The highest BCUT2D eigenvalue weighted by Gasteiger charge is 2.42. The topological polar surface area (TPSA) is 512 Å². The number of aromatic nitrogens is 1. The van der Waals surface area contributed by atoms with Gasteiger partial charge in [-0.1, -0.05) is 69.3 Å². The first-order valence-corrected chi connectivity index (χ1v) is 30.2. The summed E-state index contributed by atoms with van der Waals surface area (Å²) < 4.78 is 0. The number of amides is 9. The van der Waals surface area contributed by atoms with E-state index in [1.807, 2.05) is 18.2 Å². The maximum Gasteiger partial charge on any atom is 0.326 e. The fraction of sp³-hybridized carbons (Fsp3) is 0.534. The van der Waals surface area contributed by atoms with Gasteiger partial charge in [-0.2, -0.15) is 12.6 Å². The van der Waals surface area contributed by atoms with E-state index in [0.29, 0.717) is 17.5 Å². The number of carboxylic acids is 1. The third kappa shape index (κ3) is 23.7. The van der Waals surface area contributed by atoms with Crippen LogP contribution in [-0.2, 0) is 60.8 Å². The molecule has 4 rings (SSSR count). The Morgan fingerprint density at radius 1 is 0.633 bits per heavy atom. The lowest BCUT2D eigenvalue weighted by molar-refractivity contribution is -0.145. The quantitative estimate of drug-likeness (QED) is 0.0121. The zero-order valence-corrected chi connectivity index (χ0v) is 52.2. The SMILES string of the molecule is CC(=O)N[C@@H](CCCNC(=N)N)C(=O)N[C@@H](CCCNC(=N)N)C(=O)N[C@@H](Cc1ccccc1)C(=O)N[C@@H](Cc1c[nH]c2ccccc12)C(=O)N1CCC[C@@H]1C(=O)N[C@@H](CS)C(=O)N[C@H](C(=O)N[C@@H](CCCNC(=N)N)C(=O)N[C@H](C(=O)O)C(C)(C)C)[C@@H](C)O. The number of guanidine groups is 3. The Kier molecular flexibility index (Phi) is 29.1. The summed E-state index contributed by atoms with van der Waals surface area (Å²) in [4.78, 5) is 143. The summed E-state index contributed by atoms with van der Waals surface area (Å²) in [6, 6.07) is 3.39. The number of likely N-dealkylation sites (tertiary alicyclic amines) is 1. The van der Waals surface area contributed by atoms with Crippen LogP contribution in [0.25, 0.3) is 10.9 Å². The van der Waals surface area contributed by atoms with Gasteiger partial charge in [-0.3, -0.25) is 59.4 Å². The van der Waals surface area contributed by atoms with E-state index in [1.54, 1.807) is 63.4 Å². The number of carbonyl (C=O) groups excluding carboxylic acids is 9. The lowest BCUT2D eigenvalue weighted by Gasteiger charge is -2.31. The highest BCUT2D eigenvalue weighted by Crippen LogP contribution is 2.24. The molecule has 0 radical (unpaired) electrons. The van der Waals surface area contributed by atoms with Crippen molar-refractivity contribution in [3.63, 3.8) is 0 Å². The Morgan fingerprint density at radius 2 is 1.11 bits per heavy atom. The van der Waals surface area contributed by atoms with E-state index in [4.69, 9.17) is 33.4 Å². The first-order valence-electron chi connectivity index (χ1n) is 29.6. The van der Waals surface area contributed by atoms with E-state index in [1.165, 1.54) is 18.7 Å². The number of nitrogens with one attached hydrogen (secondary N) is 15. The summed E-state index contributed by atoms with van der Waals surface area (Å²) in [6.07, 6.45) is 0.820. The fourth-order valence-electron chi connectivity index (χ4n) is 10.0. The zero-order chi connectivity index (χ0) is 66.8. The monoisotopic (exact) mass is 1280 g/mol. The molecule has 2 aromatic carbocycles. The van der Waals surface area contributed by atoms with Crippen LogP contribution in [0.5, 0.6) is 0 Å². The fourth-order valence-corrected chi connectivity index (χ4v) is 10.3. The number of thiol groups is 1. The number of nitrogens with two attached hydrogens (primary N) is 3. The van der Waals surface area contributed by atoms with Crippen LogP contribution in [0.4, 0.5) is 0 Å². The predicted molar refractivity (Wildman–Crippen MR) is 338 cm³/mol. The van der Waals surface area contributed by atoms with Crippen molar-refractivity contribution in [1.82, 2.24) is 68.4 Å². The average Bonchev–Trinajstić information content (AvgIpc) is 1.74. The third-order valence-corrected chi connectivity index (χ3v) is 15.0. The molecule has 2 heterocycles. The Hall–Kier alpha value is -9.20. The minimum Gasteiger partial charge on any atom is -0.480 e. The first kappa shape index (κ1) is 73.3. The number of aliphatic carboxylic acids is 1. The van der Waals surface area contributed by atoms with Crippen molar-refractivity contribution < 1.29 is 58.2 Å². The predicted octanol–water partition coefficient (Wildman–Crippen LogP) is -2.93. The van der Waals surface area contributed by atoms with Gasteiger partial charge in [0.2, 0.25) is 53.2 Å². The summed E-state index contributed by atoms with van der Waals surface area (Å²) in [5.41, 5.74) is 17.3. The second kappa shape index (κ2) is 35.7. The number of aliphatic hydroxyl groups excluding tert-OH is 1. The van der Waals surface area contributed by atoms with Gasteiger partial charge in [-0.15, -0.1) is 0 Å². The van der Waals surface area contributed by atoms with Crippen molar-refractivity contribution in [3.05, 3.63) is 71.9 Å². The highest BCUT2D eigenvalue weighted by atomic mass is 32.1. The third-order valence-electron chi connectivity index (χ3n) is 14.7. The van der Waals surface area contributed by atoms with Crippen LogP contribution < -0.4 is 75.7 Å². The molecule has 0 aliphatic carbocycles. The molecule has 0 spiro atoms. The molecule has 9 amide bonds. The number of benzene rings is 2. The van der Waals surface area contributed by atoms with Crippen LogP contribution in [-0.4, -0.2) is 190 Å². The molecule has 1 fully saturated rings. The molecule has 1 saturated heterocycles. The van der Waals surface area contributed by atoms with Crippen molar-refractivity contribution >= 4 is 101 Å². The summed E-state index contributed by atoms with van der Waals surface area (Å²) in [7, 11) is 0. The van der Waals surface area contributed by atoms with E-state index in [2.05, 4.69) is 76.1 Å². The number of para-hydroxylation sites is 1. The van der Waals surface area contributed by atoms with Crippen molar-refractivity contribution in [3.8, 4) is 0 Å². The second-order valence-corrected chi connectivity index (χ2v) is 23.4. The van der Waals surface area contributed by atoms with Gasteiger partial charge in [0.1, 0.15) is 54.4 Å². The molecule has 23 N–H and O–H groups in total. The molecule has 1 aliphatic rings. The molecule has 0 saturated carbocycles. The molecule has 31 nitrogen and oxygen atoms in total. The Balaban J connectivity index is 1.63. The van der Waals surface area contributed by atoms with Crippen molar-refractivity contribution in [1.29, 1.82) is 16.2 Å². The van der Waals surface area contributed by atoms with E-state index in [-0.39, 0.29) is 108 Å². The van der Waals surface area contributed by atoms with Crippen LogP contribution in [0, 0.1) is 21.6 Å². The Labute approximate surface area is 527 Å². The normalized spacial score (nSPS) is 15.9. The summed E-state index contributed by atoms with van der Waals surface area (Å²) in [5, 5.41) is 72.7. The van der Waals surface area contributed by atoms with Crippen LogP contribution in [0.1, 0.15) is 97.1 Å². The molecule has 0 bridgehead atoms. The van der Waals surface area contributed by atoms with Gasteiger partial charge in [0.15, 0.2) is 17.9 Å². The number of carbonyl (C=O) groups is 10. The van der Waals surface area contributed by atoms with Crippen LogP contribution in [0.3, 0.4) is 0 Å². The number of aliphatic hydroxyl groups is 1. The number of aromatic amines is 1. The lowest BCUT2D eigenvalue weighted by Crippen LogP contribution is -2.62. The molecule has 90 heavy (non-hydrogen) atoms. The molecule has 3 aromatic rings. The highest BCUT2D eigenvalue weighted by molar-refractivity contribution is 7.80. The number of fused-ring (bicyclic) bond motifs is 1. The van der Waals surface area contributed by atoms with Crippen LogP contribution in [0.2, 0.25) is 0 Å². The first-order chi connectivity index (χ1) is 42.5. The van der Waals surface area contributed by atoms with Gasteiger partial charge in [-0.25, -0.2) is 4.79 Å². The van der Waals surface area contributed by atoms with Crippen molar-refractivity contribution in [2.45, 2.75) is 159 Å². The van der Waals surface area contributed by atoms with E-state index in [9.17, 15) is 53.4 Å². The molecule has 1 aliphatic heterocycles. The molecule has 0 unspecified atom stereocenters. The largest absolute Gasteiger partial charge is 0.480 e. The van der Waals surface area contributed by atoms with Gasteiger partial charge >= 0.3 is 5.97 Å². The Morgan fingerprint density at radius 3 is 1.62 bits per heavy atom. The maximum absolute atomic E-state index is 15.2. The number of nitrogens with zero attached hydrogens (tertiary/aromatic N) is 1.